The van der Waals surface area contributed by atoms with Crippen LogP contribution in [0.15, 0.2) is 24.4 Å². The molecule has 1 fully saturated rings. The number of hydrogen-bond acceptors (Lipinski definition) is 4. The highest BCUT2D eigenvalue weighted by Gasteiger charge is 2.22. The molecule has 0 aliphatic carbocycles. The summed E-state index contributed by atoms with van der Waals surface area (Å²) in [5.41, 5.74) is 3.73. The number of H-pyrrole nitrogens is 1. The number of nitrogens with one attached hydrogen (secondary N) is 2. The van der Waals surface area contributed by atoms with Gasteiger partial charge in [0.05, 0.1) is 6.04 Å². The topological polar surface area (TPSA) is 74.4 Å². The lowest BCUT2D eigenvalue weighted by atomic mass is 10.0. The lowest BCUT2D eigenvalue weighted by Crippen LogP contribution is -2.28. The zero-order valence-electron chi connectivity index (χ0n) is 16.1. The van der Waals surface area contributed by atoms with Gasteiger partial charge in [-0.3, -0.25) is 0 Å². The van der Waals surface area contributed by atoms with Crippen LogP contribution in [0.4, 0.5) is 4.79 Å². The van der Waals surface area contributed by atoms with E-state index in [1.165, 1.54) is 22.0 Å². The molecule has 0 unspecified atom stereocenters. The molecular formula is C20H29N3O3. The van der Waals surface area contributed by atoms with Crippen LogP contribution in [0, 0.1) is 0 Å². The number of aromatic nitrogens is 1. The zero-order valence-corrected chi connectivity index (χ0v) is 16.1. The lowest BCUT2D eigenvalue weighted by molar-refractivity contribution is -0.116. The van der Waals surface area contributed by atoms with E-state index in [1.54, 1.807) is 6.92 Å². The van der Waals surface area contributed by atoms with Crippen molar-refractivity contribution < 1.29 is 14.3 Å². The Morgan fingerprint density at radius 3 is 2.65 bits per heavy atom. The molecule has 1 aromatic heterocycles. The second-order valence-electron chi connectivity index (χ2n) is 6.95. The fraction of sp³-hybridized carbons (Fsp3) is 0.500. The highest BCUT2D eigenvalue weighted by atomic mass is 16.6. The number of likely N-dealkylation sites (N-methyl/N-ethyl adjacent to an activating group) is 1. The van der Waals surface area contributed by atoms with E-state index in [-0.39, 0.29) is 17.9 Å². The Bertz CT molecular complexity index is 752. The van der Waals surface area contributed by atoms with Crippen molar-refractivity contribution in [1.82, 2.24) is 15.2 Å². The van der Waals surface area contributed by atoms with Gasteiger partial charge in [0.15, 0.2) is 0 Å². The van der Waals surface area contributed by atoms with Gasteiger partial charge in [-0.1, -0.05) is 13.0 Å². The number of aromatic amines is 1. The van der Waals surface area contributed by atoms with Crippen LogP contribution < -0.4 is 5.32 Å². The molecule has 2 heterocycles. The zero-order chi connectivity index (χ0) is 19.1. The third-order valence-electron chi connectivity index (χ3n) is 4.38. The highest BCUT2D eigenvalue weighted by molar-refractivity contribution is 5.84. The number of cyclic esters (lactones) is 1. The molecule has 1 amide bonds. The predicted octanol–water partition coefficient (Wildman–Crippen LogP) is 2.91. The van der Waals surface area contributed by atoms with Gasteiger partial charge < -0.3 is 24.7 Å². The molecule has 6 nitrogen and oxygen atoms in total. The van der Waals surface area contributed by atoms with Gasteiger partial charge in [0, 0.05) is 30.1 Å². The Labute approximate surface area is 154 Å². The van der Waals surface area contributed by atoms with Gasteiger partial charge in [-0.25, -0.2) is 4.79 Å². The molecule has 26 heavy (non-hydrogen) atoms. The Balaban J connectivity index is 0.000000431. The molecule has 0 bridgehead atoms. The normalized spacial score (nSPS) is 16.2. The van der Waals surface area contributed by atoms with Crippen molar-refractivity contribution in [3.8, 4) is 0 Å². The smallest absolute Gasteiger partial charge is 0.407 e. The summed E-state index contributed by atoms with van der Waals surface area (Å²) in [6, 6.07) is 6.53. The number of ether oxygens (including phenoxy) is 1. The first-order valence-corrected chi connectivity index (χ1v) is 9.05. The number of fused-ring (bicyclic) bond motifs is 1. The van der Waals surface area contributed by atoms with Crippen LogP contribution in [0.2, 0.25) is 0 Å². The molecule has 6 heteroatoms. The standard InChI is InChI=1S/C16H21N3O2.C4H8O/c1-19(2)6-5-12-9-17-15-4-3-11(8-14(12)15)7-13-10-21-16(20)18-13;1-3-4(2)5/h3-4,8-9,13,17H,5-7,10H2,1-2H3,(H,18,20);3H2,1-2H3/t13-;/m0./s1. The van der Waals surface area contributed by atoms with Crippen LogP contribution >= 0.6 is 0 Å². The number of amides is 1. The molecule has 3 rings (SSSR count). The van der Waals surface area contributed by atoms with E-state index in [9.17, 15) is 9.59 Å². The van der Waals surface area contributed by atoms with Crippen molar-refractivity contribution in [2.24, 2.45) is 0 Å². The van der Waals surface area contributed by atoms with Crippen LogP contribution in [0.25, 0.3) is 10.9 Å². The van der Waals surface area contributed by atoms with Crippen LogP contribution in [0.5, 0.6) is 0 Å². The molecule has 0 radical (unpaired) electrons. The van der Waals surface area contributed by atoms with Crippen molar-refractivity contribution in [2.75, 3.05) is 27.2 Å². The molecule has 2 N–H and O–H groups in total. The van der Waals surface area contributed by atoms with Crippen molar-refractivity contribution in [1.29, 1.82) is 0 Å². The third-order valence-corrected chi connectivity index (χ3v) is 4.38. The van der Waals surface area contributed by atoms with Crippen molar-refractivity contribution in [3.05, 3.63) is 35.5 Å². The van der Waals surface area contributed by atoms with E-state index in [0.717, 1.165) is 19.4 Å². The highest BCUT2D eigenvalue weighted by Crippen LogP contribution is 2.21. The molecule has 0 spiro atoms. The van der Waals surface area contributed by atoms with E-state index in [2.05, 4.69) is 53.7 Å². The summed E-state index contributed by atoms with van der Waals surface area (Å²) in [7, 11) is 4.17. The van der Waals surface area contributed by atoms with Crippen LogP contribution in [-0.2, 0) is 22.4 Å². The molecular weight excluding hydrogens is 330 g/mol. The summed E-state index contributed by atoms with van der Waals surface area (Å²) in [6.07, 6.45) is 4.28. The van der Waals surface area contributed by atoms with Gasteiger partial charge in [0.25, 0.3) is 0 Å². The average molecular weight is 359 g/mol. The number of carbonyl (C=O) groups is 2. The summed E-state index contributed by atoms with van der Waals surface area (Å²) < 4.78 is 4.94. The van der Waals surface area contributed by atoms with Crippen LogP contribution in [0.3, 0.4) is 0 Å². The number of carbonyl (C=O) groups excluding carboxylic acids is 2. The van der Waals surface area contributed by atoms with Crippen LogP contribution in [0.1, 0.15) is 31.4 Å². The molecule has 1 aliphatic heterocycles. The molecule has 0 saturated carbocycles. The van der Waals surface area contributed by atoms with Gasteiger partial charge in [-0.15, -0.1) is 0 Å². The summed E-state index contributed by atoms with van der Waals surface area (Å²) in [4.78, 5) is 26.4. The van der Waals surface area contributed by atoms with E-state index in [1.807, 2.05) is 6.92 Å². The Kier molecular flexibility index (Phi) is 7.21. The Morgan fingerprint density at radius 1 is 1.35 bits per heavy atom. The van der Waals surface area contributed by atoms with E-state index in [4.69, 9.17) is 4.74 Å². The molecule has 1 saturated heterocycles. The maximum Gasteiger partial charge on any atom is 0.407 e. The minimum atomic E-state index is -0.311. The summed E-state index contributed by atoms with van der Waals surface area (Å²) in [5.74, 6) is 0.255. The quantitative estimate of drug-likeness (QED) is 0.832. The number of rotatable bonds is 6. The van der Waals surface area contributed by atoms with E-state index >= 15 is 0 Å². The van der Waals surface area contributed by atoms with Crippen LogP contribution in [-0.4, -0.2) is 55.0 Å². The van der Waals surface area contributed by atoms with Gasteiger partial charge in [0.1, 0.15) is 12.4 Å². The first-order valence-electron chi connectivity index (χ1n) is 9.05. The van der Waals surface area contributed by atoms with Crippen molar-refractivity contribution >= 4 is 22.8 Å². The first kappa shape index (κ1) is 20.0. The van der Waals surface area contributed by atoms with E-state index in [0.29, 0.717) is 13.0 Å². The summed E-state index contributed by atoms with van der Waals surface area (Å²) in [6.45, 7) is 4.92. The minimum Gasteiger partial charge on any atom is -0.447 e. The van der Waals surface area contributed by atoms with Gasteiger partial charge in [-0.2, -0.15) is 0 Å². The predicted molar refractivity (Wildman–Crippen MR) is 104 cm³/mol. The maximum atomic E-state index is 11.1. The Hall–Kier alpha value is -2.34. The molecule has 1 aliphatic rings. The number of hydrogen-bond donors (Lipinski definition) is 2. The van der Waals surface area contributed by atoms with Gasteiger partial charge >= 0.3 is 6.09 Å². The Morgan fingerprint density at radius 2 is 2.08 bits per heavy atom. The van der Waals surface area contributed by atoms with Crippen molar-refractivity contribution in [3.63, 3.8) is 0 Å². The van der Waals surface area contributed by atoms with Crippen molar-refractivity contribution in [2.45, 2.75) is 39.2 Å². The minimum absolute atomic E-state index is 0.0825. The fourth-order valence-electron chi connectivity index (χ4n) is 2.72. The monoisotopic (exact) mass is 359 g/mol. The van der Waals surface area contributed by atoms with Gasteiger partial charge in [0.2, 0.25) is 0 Å². The third kappa shape index (κ3) is 5.88. The number of Topliss-reactive ketones (excluding diaryl/α,β-unsaturated/α-hetero) is 1. The fourth-order valence-corrected chi connectivity index (χ4v) is 2.72. The largest absolute Gasteiger partial charge is 0.447 e. The first-order chi connectivity index (χ1) is 12.4. The summed E-state index contributed by atoms with van der Waals surface area (Å²) >= 11 is 0. The number of nitrogens with zero attached hydrogens (tertiary/aromatic N) is 1. The summed E-state index contributed by atoms with van der Waals surface area (Å²) in [5, 5.41) is 4.10. The molecule has 142 valence electrons. The second-order valence-corrected chi connectivity index (χ2v) is 6.95. The average Bonchev–Trinajstić information content (AvgIpc) is 3.19. The SMILES string of the molecule is CCC(C)=O.CN(C)CCc1c[nH]c2ccc(C[C@H]3COC(=O)N3)cc12. The lowest BCUT2D eigenvalue weighted by Gasteiger charge is -2.09. The van der Waals surface area contributed by atoms with E-state index < -0.39 is 0 Å². The molecule has 1 aromatic carbocycles. The molecule has 1 atom stereocenters. The molecule has 2 aromatic rings. The van der Waals surface area contributed by atoms with Gasteiger partial charge in [-0.05, 0) is 57.1 Å². The number of alkyl carbamates (subject to hydrolysis) is 1. The number of benzene rings is 1. The second kappa shape index (κ2) is 9.38. The maximum absolute atomic E-state index is 11.1. The number of ketones is 1.